The Kier molecular flexibility index (Phi) is 6.49. The van der Waals surface area contributed by atoms with E-state index in [2.05, 4.69) is 26.9 Å². The minimum atomic E-state index is 0.0273. The number of hydrogen-bond donors (Lipinski definition) is 1. The molecule has 3 aromatic rings. The number of rotatable bonds is 3. The zero-order chi connectivity index (χ0) is 25.4. The molecule has 6 rings (SSSR count). The van der Waals surface area contributed by atoms with Crippen LogP contribution >= 0.6 is 0 Å². The van der Waals surface area contributed by atoms with Gasteiger partial charge in [-0.2, -0.15) is 0 Å². The van der Waals surface area contributed by atoms with E-state index in [4.69, 9.17) is 5.73 Å². The molecule has 3 aliphatic rings. The van der Waals surface area contributed by atoms with Crippen LogP contribution in [0.15, 0.2) is 65.8 Å². The zero-order valence-electron chi connectivity index (χ0n) is 21.5. The number of nitrogens with zero attached hydrogens (tertiary/aromatic N) is 4. The first-order valence-electron chi connectivity index (χ1n) is 13.8. The minimum Gasteiger partial charge on any atom is -0.328 e. The van der Waals surface area contributed by atoms with Crippen LogP contribution in [-0.2, 0) is 6.54 Å². The van der Waals surface area contributed by atoms with Crippen molar-refractivity contribution in [2.75, 3.05) is 19.6 Å². The van der Waals surface area contributed by atoms with Crippen molar-refractivity contribution in [2.24, 2.45) is 17.1 Å². The smallest absolute Gasteiger partial charge is 0.320 e. The number of benzene rings is 1. The van der Waals surface area contributed by atoms with Gasteiger partial charge in [-0.15, -0.1) is 0 Å². The molecular weight excluding hydrogens is 462 g/mol. The first-order valence-corrected chi connectivity index (χ1v) is 13.8. The molecule has 37 heavy (non-hydrogen) atoms. The maximum absolute atomic E-state index is 14.0. The van der Waals surface area contributed by atoms with Crippen molar-refractivity contribution >= 4 is 16.8 Å². The second-order valence-corrected chi connectivity index (χ2v) is 11.4. The molecule has 0 radical (unpaired) electrons. The van der Waals surface area contributed by atoms with Gasteiger partial charge in [0.15, 0.2) is 0 Å². The predicted octanol–water partition coefficient (Wildman–Crippen LogP) is 4.56. The highest BCUT2D eigenvalue weighted by Crippen LogP contribution is 2.49. The largest absolute Gasteiger partial charge is 0.328 e. The van der Waals surface area contributed by atoms with Gasteiger partial charge in [0.05, 0.1) is 11.4 Å². The third kappa shape index (κ3) is 4.54. The number of amides is 2. The number of nitrogens with two attached hydrogens (primary N) is 1. The van der Waals surface area contributed by atoms with E-state index in [0.29, 0.717) is 24.4 Å². The number of pyridine rings is 2. The highest BCUT2D eigenvalue weighted by atomic mass is 16.2. The second kappa shape index (κ2) is 9.93. The van der Waals surface area contributed by atoms with Crippen LogP contribution in [0.5, 0.6) is 0 Å². The third-order valence-corrected chi connectivity index (χ3v) is 9.26. The van der Waals surface area contributed by atoms with Crippen molar-refractivity contribution in [2.45, 2.75) is 63.6 Å². The lowest BCUT2D eigenvalue weighted by atomic mass is 9.69. The van der Waals surface area contributed by atoms with Gasteiger partial charge in [0.2, 0.25) is 0 Å². The molecule has 194 valence electrons. The number of likely N-dealkylation sites (tertiary alicyclic amines) is 2. The summed E-state index contributed by atoms with van der Waals surface area (Å²) < 4.78 is 1.88. The molecule has 1 aromatic carbocycles. The van der Waals surface area contributed by atoms with Gasteiger partial charge >= 0.3 is 6.03 Å². The van der Waals surface area contributed by atoms with Crippen molar-refractivity contribution in [3.63, 3.8) is 0 Å². The first kappa shape index (κ1) is 24.2. The molecule has 1 saturated carbocycles. The molecule has 0 bridgehead atoms. The summed E-state index contributed by atoms with van der Waals surface area (Å²) in [6.45, 7) is 2.92. The molecular formula is C30H37N5O2. The Morgan fingerprint density at radius 2 is 1.86 bits per heavy atom. The van der Waals surface area contributed by atoms with E-state index in [9.17, 15) is 9.59 Å². The van der Waals surface area contributed by atoms with Crippen LogP contribution in [0.2, 0.25) is 0 Å². The van der Waals surface area contributed by atoms with E-state index in [1.807, 2.05) is 41.1 Å². The van der Waals surface area contributed by atoms with Crippen molar-refractivity contribution in [3.05, 3.63) is 77.0 Å². The quantitative estimate of drug-likeness (QED) is 0.572. The lowest BCUT2D eigenvalue weighted by Gasteiger charge is -2.49. The number of piperidine rings is 2. The molecule has 1 unspecified atom stereocenters. The molecule has 3 fully saturated rings. The molecule has 2 aromatic heterocycles. The average Bonchev–Trinajstić information content (AvgIpc) is 3.40. The first-order chi connectivity index (χ1) is 18.0. The van der Waals surface area contributed by atoms with Gasteiger partial charge in [-0.1, -0.05) is 43.2 Å². The predicted molar refractivity (Wildman–Crippen MR) is 145 cm³/mol. The summed E-state index contributed by atoms with van der Waals surface area (Å²) >= 11 is 0. The van der Waals surface area contributed by atoms with Crippen LogP contribution in [-0.4, -0.2) is 51.1 Å². The van der Waals surface area contributed by atoms with Gasteiger partial charge < -0.3 is 20.1 Å². The van der Waals surface area contributed by atoms with Gasteiger partial charge in [0.25, 0.3) is 5.56 Å². The standard InChI is InChI=1S/C30H37N5O2/c31-25-11-17-35(27(18-25)23-6-2-1-3-7-23)29(37)34-16-10-24(30(21-34)12-4-5-13-30)20-33-15-9-22-8-14-32-19-26(22)28(33)36/h1-3,6-9,14-15,19,24-25,27H,4-5,10-13,16-18,20-21,31H2/t24?,25-,27+/m1/s1. The van der Waals surface area contributed by atoms with Gasteiger partial charge in [0, 0.05) is 50.8 Å². The van der Waals surface area contributed by atoms with Crippen LogP contribution in [0, 0.1) is 11.3 Å². The summed E-state index contributed by atoms with van der Waals surface area (Å²) in [5, 5.41) is 1.61. The molecule has 3 atom stereocenters. The fraction of sp³-hybridized carbons (Fsp3) is 0.500. The molecule has 7 heteroatoms. The monoisotopic (exact) mass is 499 g/mol. The summed E-state index contributed by atoms with van der Waals surface area (Å²) in [7, 11) is 0. The van der Waals surface area contributed by atoms with E-state index >= 15 is 0 Å². The molecule has 2 aliphatic heterocycles. The maximum atomic E-state index is 14.0. The van der Waals surface area contributed by atoms with E-state index in [1.54, 1.807) is 12.4 Å². The van der Waals surface area contributed by atoms with E-state index < -0.39 is 0 Å². The highest BCUT2D eigenvalue weighted by Gasteiger charge is 2.47. The number of urea groups is 1. The molecule has 2 saturated heterocycles. The van der Waals surface area contributed by atoms with Crippen molar-refractivity contribution < 1.29 is 4.79 Å². The van der Waals surface area contributed by atoms with Gasteiger partial charge in [-0.3, -0.25) is 9.78 Å². The van der Waals surface area contributed by atoms with Crippen molar-refractivity contribution in [1.29, 1.82) is 0 Å². The zero-order valence-corrected chi connectivity index (χ0v) is 21.5. The minimum absolute atomic E-state index is 0.0273. The summed E-state index contributed by atoms with van der Waals surface area (Å²) in [6, 6.07) is 14.5. The van der Waals surface area contributed by atoms with Gasteiger partial charge in [0.1, 0.15) is 0 Å². The molecule has 2 N–H and O–H groups in total. The third-order valence-electron chi connectivity index (χ3n) is 9.26. The number of carbonyl (C=O) groups excluding carboxylic acids is 1. The van der Waals surface area contributed by atoms with Crippen LogP contribution in [0.4, 0.5) is 4.79 Å². The number of carbonyl (C=O) groups is 1. The summed E-state index contributed by atoms with van der Waals surface area (Å²) in [5.74, 6) is 0.380. The Balaban J connectivity index is 1.23. The van der Waals surface area contributed by atoms with Gasteiger partial charge in [-0.05, 0) is 66.5 Å². The Bertz CT molecular complexity index is 1320. The molecule has 2 amide bonds. The lowest BCUT2D eigenvalue weighted by molar-refractivity contribution is 0.0216. The van der Waals surface area contributed by atoms with E-state index in [1.165, 1.54) is 18.4 Å². The number of aromatic nitrogens is 2. The number of fused-ring (bicyclic) bond motifs is 1. The molecule has 7 nitrogen and oxygen atoms in total. The topological polar surface area (TPSA) is 84.5 Å². The fourth-order valence-corrected chi connectivity index (χ4v) is 7.20. The average molecular weight is 500 g/mol. The van der Waals surface area contributed by atoms with Crippen LogP contribution in [0.3, 0.4) is 0 Å². The summed E-state index contributed by atoms with van der Waals surface area (Å²) in [4.78, 5) is 35.6. The molecule has 1 spiro atoms. The van der Waals surface area contributed by atoms with E-state index in [0.717, 1.165) is 50.6 Å². The Labute approximate surface area is 218 Å². The van der Waals surface area contributed by atoms with Crippen molar-refractivity contribution in [3.8, 4) is 0 Å². The normalized spacial score (nSPS) is 25.6. The van der Waals surface area contributed by atoms with Crippen LogP contribution in [0.1, 0.15) is 56.6 Å². The second-order valence-electron chi connectivity index (χ2n) is 11.4. The van der Waals surface area contributed by atoms with Crippen LogP contribution < -0.4 is 11.3 Å². The van der Waals surface area contributed by atoms with Gasteiger partial charge in [-0.25, -0.2) is 4.79 Å². The Morgan fingerprint density at radius 1 is 1.05 bits per heavy atom. The van der Waals surface area contributed by atoms with E-state index in [-0.39, 0.29) is 29.1 Å². The van der Waals surface area contributed by atoms with Crippen molar-refractivity contribution in [1.82, 2.24) is 19.4 Å². The lowest BCUT2D eigenvalue weighted by Crippen LogP contribution is -2.56. The Morgan fingerprint density at radius 3 is 2.68 bits per heavy atom. The number of hydrogen-bond acceptors (Lipinski definition) is 4. The highest BCUT2D eigenvalue weighted by molar-refractivity contribution is 5.80. The molecule has 4 heterocycles. The fourth-order valence-electron chi connectivity index (χ4n) is 7.20. The summed E-state index contributed by atoms with van der Waals surface area (Å²) in [5.41, 5.74) is 7.63. The maximum Gasteiger partial charge on any atom is 0.320 e. The summed E-state index contributed by atoms with van der Waals surface area (Å²) in [6.07, 6.45) is 12.5. The Hall–Kier alpha value is -3.19. The SMILES string of the molecule is N[C@@H]1CCN(C(=O)N2CCC(Cn3ccc4ccncc4c3=O)C3(CCCC3)C2)[C@H](c2ccccc2)C1. The molecule has 1 aliphatic carbocycles. The van der Waals surface area contributed by atoms with Crippen LogP contribution in [0.25, 0.3) is 10.8 Å².